The highest BCUT2D eigenvalue weighted by Crippen LogP contribution is 2.26. The van der Waals surface area contributed by atoms with Gasteiger partial charge in [-0.1, -0.05) is 6.92 Å². The summed E-state index contributed by atoms with van der Waals surface area (Å²) in [5, 5.41) is 53.6. The number of carbonyl (C=O) groups excluding carboxylic acids is 7. The number of aromatic amines is 1. The highest BCUT2D eigenvalue weighted by Gasteiger charge is 2.37. The number of rotatable bonds is 28. The third kappa shape index (κ3) is 16.6. The zero-order chi connectivity index (χ0) is 51.8. The maximum Gasteiger partial charge on any atom is 0.271 e. The number of aliphatic hydroxyl groups is 3. The molecule has 0 spiro atoms. The SMILES string of the molecule is Cc1cnc([C@H](CC(N)=O)NC[C@H](N)C(N)=O)nc1C(=O)N[C@H](C(=O)N[C@H](C)[C@@H](O)[C@H](C)C(=O)N[C@H](C(=O)NCCc1nc(-c2nc(C(=O)NCCC[S+](C)C)cs2)cs1)[C@@H](C)O)[C@@H](O)c1cnc[nH]1. The van der Waals surface area contributed by atoms with Crippen LogP contribution >= 0.6 is 22.7 Å². The monoisotopic (exact) mass is 1030 g/mol. The predicted molar refractivity (Wildman–Crippen MR) is 261 cm³/mol. The van der Waals surface area contributed by atoms with Crippen LogP contribution in [0.15, 0.2) is 29.5 Å². The van der Waals surface area contributed by atoms with E-state index in [4.69, 9.17) is 17.2 Å². The molecule has 7 amide bonds. The highest BCUT2D eigenvalue weighted by atomic mass is 32.2. The minimum Gasteiger partial charge on any atom is -0.391 e. The van der Waals surface area contributed by atoms with E-state index in [9.17, 15) is 48.9 Å². The largest absolute Gasteiger partial charge is 0.391 e. The fourth-order valence-corrected chi connectivity index (χ4v) is 8.88. The summed E-state index contributed by atoms with van der Waals surface area (Å²) in [5.74, 6) is -5.72. The molecule has 0 aliphatic carbocycles. The van der Waals surface area contributed by atoms with E-state index in [-0.39, 0.29) is 48.2 Å². The summed E-state index contributed by atoms with van der Waals surface area (Å²) >= 11 is 2.63. The Bertz CT molecular complexity index is 2420. The van der Waals surface area contributed by atoms with Crippen LogP contribution < -0.4 is 49.1 Å². The molecule has 0 aliphatic heterocycles. The van der Waals surface area contributed by atoms with Gasteiger partial charge in [-0.15, -0.1) is 22.7 Å². The number of imidazole rings is 1. The Balaban J connectivity index is 1.36. The van der Waals surface area contributed by atoms with Gasteiger partial charge in [-0.05, 0) is 37.2 Å². The quantitative estimate of drug-likeness (QED) is 0.0199. The molecule has 28 heteroatoms. The van der Waals surface area contributed by atoms with Crippen molar-refractivity contribution >= 4 is 74.9 Å². The van der Waals surface area contributed by atoms with Gasteiger partial charge in [0.25, 0.3) is 11.8 Å². The number of hydrogen-bond donors (Lipinski definition) is 13. The fourth-order valence-electron chi connectivity index (χ4n) is 6.54. The summed E-state index contributed by atoms with van der Waals surface area (Å²) in [7, 11) is 0.298. The number of nitrogens with two attached hydrogens (primary N) is 3. The first kappa shape index (κ1) is 56.6. The summed E-state index contributed by atoms with van der Waals surface area (Å²) in [5.41, 5.74) is 17.3. The van der Waals surface area contributed by atoms with Crippen molar-refractivity contribution in [2.45, 2.75) is 95.5 Å². The predicted octanol–water partition coefficient (Wildman–Crippen LogP) is -3.04. The molecule has 0 bridgehead atoms. The number of primary amides is 2. The molecule has 0 aromatic carbocycles. The Hall–Kier alpha value is -6.01. The number of aromatic nitrogens is 6. The van der Waals surface area contributed by atoms with E-state index in [0.29, 0.717) is 45.3 Å². The van der Waals surface area contributed by atoms with Gasteiger partial charge in [-0.2, -0.15) is 0 Å². The Kier molecular flexibility index (Phi) is 21.7. The van der Waals surface area contributed by atoms with Crippen LogP contribution in [0, 0.1) is 12.8 Å². The van der Waals surface area contributed by atoms with Crippen LogP contribution in [0.5, 0.6) is 0 Å². The third-order valence-electron chi connectivity index (χ3n) is 10.6. The number of aliphatic hydroxyl groups excluding tert-OH is 3. The highest BCUT2D eigenvalue weighted by molar-refractivity contribution is 7.95. The Labute approximate surface area is 414 Å². The van der Waals surface area contributed by atoms with Crippen LogP contribution in [-0.2, 0) is 41.3 Å². The first-order valence-electron chi connectivity index (χ1n) is 21.9. The molecular formula is C42H62N15O10S3+. The average molecular weight is 1030 g/mol. The minimum absolute atomic E-state index is 0.0244. The van der Waals surface area contributed by atoms with Crippen molar-refractivity contribution in [2.24, 2.45) is 23.1 Å². The van der Waals surface area contributed by atoms with Crippen molar-refractivity contribution in [3.8, 4) is 10.7 Å². The summed E-state index contributed by atoms with van der Waals surface area (Å²) in [6.07, 6.45) is 4.14. The first-order chi connectivity index (χ1) is 33.1. The normalized spacial score (nSPS) is 15.3. The van der Waals surface area contributed by atoms with Gasteiger partial charge in [0.15, 0.2) is 0 Å². The van der Waals surface area contributed by atoms with Crippen molar-refractivity contribution in [1.82, 2.24) is 61.8 Å². The van der Waals surface area contributed by atoms with E-state index in [0.717, 1.165) is 12.2 Å². The Morgan fingerprint density at radius 3 is 2.21 bits per heavy atom. The zero-order valence-electron chi connectivity index (χ0n) is 39.4. The summed E-state index contributed by atoms with van der Waals surface area (Å²) < 4.78 is 0. The van der Waals surface area contributed by atoms with Crippen molar-refractivity contribution in [2.75, 3.05) is 37.9 Å². The molecule has 382 valence electrons. The summed E-state index contributed by atoms with van der Waals surface area (Å²) in [6.45, 7) is 5.97. The van der Waals surface area contributed by atoms with Gasteiger partial charge in [-0.3, -0.25) is 33.6 Å². The minimum atomic E-state index is -1.76. The standard InChI is InChI=1S/C42H61N15O10S3/c1-19-13-50-36(24(12-28(44)59)49-14-23(43)35(45)62)55-30(19)40(66)57-32(34(61)25-15-46-18-51-25)41(67)52-21(3)33(60)20(2)37(63)56-31(22(4)58)39(65)48-10-8-29-53-27(17-68-29)42-54-26(16-69-42)38(64)47-9-7-11-70(5)6/h13,15-18,20-24,31-34,49,58,60-61H,7-12,14,43H2,1-6H3,(H9-,44,45,46,47,48,51,52,56,57,59,62,63,64,65,66,67)/p+1/t20-,21+,22+,23-,24-,31-,32-,33-,34-/m0/s1. The molecule has 0 saturated heterocycles. The molecule has 0 fully saturated rings. The van der Waals surface area contributed by atoms with E-state index < -0.39 is 89.9 Å². The van der Waals surface area contributed by atoms with E-state index in [1.54, 1.807) is 10.8 Å². The Morgan fingerprint density at radius 2 is 1.57 bits per heavy atom. The molecule has 4 aromatic rings. The molecule has 0 radical (unpaired) electrons. The third-order valence-corrected chi connectivity index (χ3v) is 13.5. The number of amides is 7. The lowest BCUT2D eigenvalue weighted by molar-refractivity contribution is -0.136. The second-order valence-corrected chi connectivity index (χ2v) is 20.8. The van der Waals surface area contributed by atoms with E-state index in [1.807, 2.05) is 0 Å². The zero-order valence-corrected chi connectivity index (χ0v) is 41.9. The molecule has 70 heavy (non-hydrogen) atoms. The van der Waals surface area contributed by atoms with Gasteiger partial charge in [-0.25, -0.2) is 24.9 Å². The lowest BCUT2D eigenvalue weighted by Crippen LogP contribution is -2.57. The molecule has 0 unspecified atom stereocenters. The lowest BCUT2D eigenvalue weighted by Gasteiger charge is -2.30. The van der Waals surface area contributed by atoms with E-state index in [1.165, 1.54) is 69.1 Å². The molecule has 4 rings (SSSR count). The maximum absolute atomic E-state index is 13.9. The van der Waals surface area contributed by atoms with Crippen LogP contribution in [0.2, 0.25) is 0 Å². The molecular weight excluding hydrogens is 971 g/mol. The fraction of sp³-hybridized carbons (Fsp3) is 0.524. The van der Waals surface area contributed by atoms with E-state index >= 15 is 0 Å². The molecule has 4 heterocycles. The molecule has 16 N–H and O–H groups in total. The van der Waals surface area contributed by atoms with Gasteiger partial charge in [0.2, 0.25) is 29.5 Å². The first-order valence-corrected chi connectivity index (χ1v) is 25.9. The maximum atomic E-state index is 13.9. The van der Waals surface area contributed by atoms with Crippen molar-refractivity contribution in [3.05, 3.63) is 63.0 Å². The second-order valence-electron chi connectivity index (χ2n) is 16.6. The Morgan fingerprint density at radius 1 is 0.843 bits per heavy atom. The number of H-pyrrole nitrogens is 1. The van der Waals surface area contributed by atoms with Crippen LogP contribution in [0.4, 0.5) is 0 Å². The number of carbonyl (C=O) groups is 7. The second kappa shape index (κ2) is 26.8. The topological polar surface area (TPSA) is 411 Å². The smallest absolute Gasteiger partial charge is 0.271 e. The van der Waals surface area contributed by atoms with E-state index in [2.05, 4.69) is 74.3 Å². The lowest BCUT2D eigenvalue weighted by atomic mass is 9.96. The molecule has 9 atom stereocenters. The van der Waals surface area contributed by atoms with Gasteiger partial charge < -0.3 is 69.4 Å². The molecule has 25 nitrogen and oxygen atoms in total. The van der Waals surface area contributed by atoms with Crippen LogP contribution in [0.3, 0.4) is 0 Å². The number of nitrogens with one attached hydrogen (secondary N) is 7. The number of aryl methyl sites for hydroxylation is 1. The summed E-state index contributed by atoms with van der Waals surface area (Å²) in [4.78, 5) is 114. The van der Waals surface area contributed by atoms with Gasteiger partial charge >= 0.3 is 0 Å². The van der Waals surface area contributed by atoms with Gasteiger partial charge in [0.1, 0.15) is 51.9 Å². The van der Waals surface area contributed by atoms with Crippen LogP contribution in [0.1, 0.15) is 88.8 Å². The molecule has 0 saturated carbocycles. The van der Waals surface area contributed by atoms with Crippen LogP contribution in [-0.4, -0.2) is 161 Å². The molecule has 0 aliphatic rings. The summed E-state index contributed by atoms with van der Waals surface area (Å²) in [6, 6.07) is -6.57. The van der Waals surface area contributed by atoms with Crippen molar-refractivity contribution < 1.29 is 48.9 Å². The average Bonchev–Trinajstić information content (AvgIpc) is 4.13. The number of nitrogens with zero attached hydrogens (tertiary/aromatic N) is 5. The van der Waals surface area contributed by atoms with Gasteiger partial charge in [0.05, 0.1) is 72.0 Å². The van der Waals surface area contributed by atoms with Gasteiger partial charge in [0, 0.05) is 55.9 Å². The molecule has 4 aromatic heterocycles. The number of hydrogen-bond acceptors (Lipinski definition) is 19. The number of thiazole rings is 2. The van der Waals surface area contributed by atoms with Crippen molar-refractivity contribution in [1.29, 1.82) is 0 Å². The van der Waals surface area contributed by atoms with Crippen molar-refractivity contribution in [3.63, 3.8) is 0 Å². The van der Waals surface area contributed by atoms with Crippen LogP contribution in [0.25, 0.3) is 10.7 Å².